The third-order valence-corrected chi connectivity index (χ3v) is 4.99. The third kappa shape index (κ3) is 3.49. The van der Waals surface area contributed by atoms with Gasteiger partial charge >= 0.3 is 0 Å². The van der Waals surface area contributed by atoms with E-state index in [1.54, 1.807) is 11.8 Å². The summed E-state index contributed by atoms with van der Waals surface area (Å²) < 4.78 is 7.10. The number of aryl methyl sites for hydroxylation is 2. The summed E-state index contributed by atoms with van der Waals surface area (Å²) >= 11 is 0. The van der Waals surface area contributed by atoms with Crippen LogP contribution in [-0.2, 0) is 11.8 Å². The molecule has 3 heterocycles. The molecule has 1 saturated heterocycles. The molecule has 26 heavy (non-hydrogen) atoms. The second-order valence-corrected chi connectivity index (χ2v) is 6.83. The molecule has 0 unspecified atom stereocenters. The Morgan fingerprint density at radius 1 is 1.31 bits per heavy atom. The largest absolute Gasteiger partial charge is 0.481 e. The number of ether oxygens (including phenoxy) is 1. The predicted molar refractivity (Wildman–Crippen MR) is 98.0 cm³/mol. The Kier molecular flexibility index (Phi) is 5.11. The highest BCUT2D eigenvalue weighted by Gasteiger charge is 2.35. The topological polar surface area (TPSA) is 85.2 Å². The smallest absolute Gasteiger partial charge is 0.222 e. The zero-order chi connectivity index (χ0) is 18.8. The molecule has 1 aliphatic rings. The maximum absolute atomic E-state index is 12.2. The Morgan fingerprint density at radius 2 is 2.08 bits per heavy atom. The van der Waals surface area contributed by atoms with Crippen LogP contribution in [0, 0.1) is 19.8 Å². The predicted octanol–water partition coefficient (Wildman–Crippen LogP) is 1.86. The summed E-state index contributed by atoms with van der Waals surface area (Å²) in [6.45, 7) is 4.49. The molecule has 3 rings (SSSR count). The lowest BCUT2D eigenvalue weighted by Crippen LogP contribution is -2.42. The zero-order valence-corrected chi connectivity index (χ0v) is 16.0. The number of hydrogen-bond donors (Lipinski definition) is 1. The highest BCUT2D eigenvalue weighted by molar-refractivity contribution is 5.77. The van der Waals surface area contributed by atoms with Crippen molar-refractivity contribution in [3.05, 3.63) is 29.3 Å². The Balaban J connectivity index is 1.81. The van der Waals surface area contributed by atoms with Crippen LogP contribution in [-0.4, -0.2) is 51.3 Å². The Hall–Kier alpha value is -2.64. The van der Waals surface area contributed by atoms with Gasteiger partial charge in [-0.05, 0) is 20.3 Å². The maximum Gasteiger partial charge on any atom is 0.222 e. The number of amides is 1. The van der Waals surface area contributed by atoms with Crippen molar-refractivity contribution in [1.29, 1.82) is 0 Å². The number of nitrogens with one attached hydrogen (secondary N) is 1. The van der Waals surface area contributed by atoms with Gasteiger partial charge in [0.25, 0.3) is 0 Å². The van der Waals surface area contributed by atoms with Crippen LogP contribution in [0.2, 0.25) is 0 Å². The van der Waals surface area contributed by atoms with Gasteiger partial charge in [-0.25, -0.2) is 4.98 Å². The van der Waals surface area contributed by atoms with Crippen molar-refractivity contribution >= 4 is 11.7 Å². The van der Waals surface area contributed by atoms with Crippen LogP contribution in [0.5, 0.6) is 5.88 Å². The van der Waals surface area contributed by atoms with Gasteiger partial charge in [0.2, 0.25) is 11.8 Å². The lowest BCUT2D eigenvalue weighted by atomic mass is 9.85. The lowest BCUT2D eigenvalue weighted by Gasteiger charge is -2.38. The number of anilines is 1. The van der Waals surface area contributed by atoms with Crippen molar-refractivity contribution in [2.24, 2.45) is 13.0 Å². The summed E-state index contributed by atoms with van der Waals surface area (Å²) in [6, 6.07) is 0.00239. The molecule has 8 nitrogen and oxygen atoms in total. The van der Waals surface area contributed by atoms with E-state index in [1.807, 2.05) is 45.2 Å². The van der Waals surface area contributed by atoms with Crippen LogP contribution in [0.4, 0.5) is 5.82 Å². The normalized spacial score (nSPS) is 20.3. The van der Waals surface area contributed by atoms with E-state index in [0.717, 1.165) is 23.4 Å². The average Bonchev–Trinajstić information content (AvgIpc) is 3.04. The molecule has 8 heteroatoms. The summed E-state index contributed by atoms with van der Waals surface area (Å²) in [7, 11) is 5.37. The van der Waals surface area contributed by atoms with Crippen molar-refractivity contribution < 1.29 is 9.53 Å². The summed E-state index contributed by atoms with van der Waals surface area (Å²) in [6.07, 6.45) is 5.21. The fourth-order valence-electron chi connectivity index (χ4n) is 3.62. The van der Waals surface area contributed by atoms with Crippen molar-refractivity contribution in [2.75, 3.05) is 26.0 Å². The molecule has 0 aliphatic carbocycles. The van der Waals surface area contributed by atoms with Gasteiger partial charge in [-0.3, -0.25) is 9.48 Å². The van der Waals surface area contributed by atoms with Gasteiger partial charge in [-0.2, -0.15) is 10.1 Å². The monoisotopic (exact) mass is 358 g/mol. The molecule has 0 bridgehead atoms. The minimum Gasteiger partial charge on any atom is -0.481 e. The molecule has 2 aromatic heterocycles. The van der Waals surface area contributed by atoms with E-state index < -0.39 is 0 Å². The molecule has 0 radical (unpaired) electrons. The quantitative estimate of drug-likeness (QED) is 0.878. The van der Waals surface area contributed by atoms with Crippen molar-refractivity contribution in [2.45, 2.75) is 32.7 Å². The summed E-state index contributed by atoms with van der Waals surface area (Å²) in [5.41, 5.74) is 1.94. The van der Waals surface area contributed by atoms with Gasteiger partial charge < -0.3 is 15.0 Å². The number of likely N-dealkylation sites (tertiary alicyclic amines) is 1. The number of nitrogens with zero attached hydrogens (tertiary/aromatic N) is 5. The number of methoxy groups -OCH3 is 1. The van der Waals surface area contributed by atoms with Crippen LogP contribution < -0.4 is 10.1 Å². The van der Waals surface area contributed by atoms with Gasteiger partial charge in [0.1, 0.15) is 11.6 Å². The summed E-state index contributed by atoms with van der Waals surface area (Å²) in [5, 5.41) is 7.72. The zero-order valence-electron chi connectivity index (χ0n) is 16.0. The van der Waals surface area contributed by atoms with E-state index in [-0.39, 0.29) is 17.9 Å². The third-order valence-electron chi connectivity index (χ3n) is 4.99. The molecular formula is C18H26N6O2. The first-order valence-corrected chi connectivity index (χ1v) is 8.78. The standard InChI is InChI=1S/C18H26N6O2/c1-11-17(21-12(2)22-18(11)26-5)19-8-13-6-7-15(25)24(4)16(13)14-9-20-23(3)10-14/h9-10,13,16H,6-8H2,1-5H3,(H,19,21,22)/t13-,16+/m1/s1. The first kappa shape index (κ1) is 18.2. The fourth-order valence-corrected chi connectivity index (χ4v) is 3.62. The molecule has 140 valence electrons. The maximum atomic E-state index is 12.2. The Morgan fingerprint density at radius 3 is 2.73 bits per heavy atom. The number of hydrogen-bond acceptors (Lipinski definition) is 6. The van der Waals surface area contributed by atoms with Crippen molar-refractivity contribution in [3.8, 4) is 5.88 Å². The van der Waals surface area contributed by atoms with Gasteiger partial charge in [-0.1, -0.05) is 0 Å². The molecular weight excluding hydrogens is 332 g/mol. The highest BCUT2D eigenvalue weighted by atomic mass is 16.5. The minimum atomic E-state index is 0.00239. The minimum absolute atomic E-state index is 0.00239. The average molecular weight is 358 g/mol. The number of piperidine rings is 1. The first-order valence-electron chi connectivity index (χ1n) is 8.78. The van der Waals surface area contributed by atoms with E-state index in [0.29, 0.717) is 24.7 Å². The van der Waals surface area contributed by atoms with Crippen LogP contribution in [0.1, 0.15) is 35.8 Å². The second kappa shape index (κ2) is 7.31. The fraction of sp³-hybridized carbons (Fsp3) is 0.556. The van der Waals surface area contributed by atoms with Crippen LogP contribution in [0.15, 0.2) is 12.4 Å². The molecule has 1 fully saturated rings. The molecule has 1 N–H and O–H groups in total. The lowest BCUT2D eigenvalue weighted by molar-refractivity contribution is -0.136. The van der Waals surface area contributed by atoms with Crippen LogP contribution in [0.3, 0.4) is 0 Å². The van der Waals surface area contributed by atoms with E-state index in [4.69, 9.17) is 4.74 Å². The number of aromatic nitrogens is 4. The number of carbonyl (C=O) groups excluding carboxylic acids is 1. The first-order chi connectivity index (χ1) is 12.4. The molecule has 0 spiro atoms. The van der Waals surface area contributed by atoms with Gasteiger partial charge in [-0.15, -0.1) is 0 Å². The SMILES string of the molecule is COc1nc(C)nc(NC[C@H]2CCC(=O)N(C)[C@@H]2c2cnn(C)c2)c1C. The van der Waals surface area contributed by atoms with E-state index in [9.17, 15) is 4.79 Å². The van der Waals surface area contributed by atoms with Crippen LogP contribution >= 0.6 is 0 Å². The summed E-state index contributed by atoms with van der Waals surface area (Å²) in [5.74, 6) is 2.46. The Bertz CT molecular complexity index is 803. The highest BCUT2D eigenvalue weighted by Crippen LogP contribution is 2.36. The number of carbonyl (C=O) groups is 1. The molecule has 0 aromatic carbocycles. The van der Waals surface area contributed by atoms with E-state index in [1.165, 1.54) is 0 Å². The van der Waals surface area contributed by atoms with Crippen molar-refractivity contribution in [3.63, 3.8) is 0 Å². The number of rotatable bonds is 5. The van der Waals surface area contributed by atoms with Gasteiger partial charge in [0.05, 0.1) is 24.9 Å². The van der Waals surface area contributed by atoms with E-state index in [2.05, 4.69) is 20.4 Å². The van der Waals surface area contributed by atoms with Gasteiger partial charge in [0.15, 0.2) is 0 Å². The molecule has 2 atom stereocenters. The summed E-state index contributed by atoms with van der Waals surface area (Å²) in [4.78, 5) is 22.9. The molecule has 1 aliphatic heterocycles. The van der Waals surface area contributed by atoms with Crippen LogP contribution in [0.25, 0.3) is 0 Å². The molecule has 1 amide bonds. The molecule has 0 saturated carbocycles. The van der Waals surface area contributed by atoms with E-state index >= 15 is 0 Å². The second-order valence-electron chi connectivity index (χ2n) is 6.83. The van der Waals surface area contributed by atoms with Crippen molar-refractivity contribution in [1.82, 2.24) is 24.6 Å². The Labute approximate surface area is 153 Å². The molecule has 2 aromatic rings. The van der Waals surface area contributed by atoms with Gasteiger partial charge in [0, 0.05) is 44.7 Å².